The number of carbonyl (C=O) groups is 3. The summed E-state index contributed by atoms with van der Waals surface area (Å²) < 4.78 is 46.0. The van der Waals surface area contributed by atoms with Crippen molar-refractivity contribution in [2.75, 3.05) is 46.0 Å². The summed E-state index contributed by atoms with van der Waals surface area (Å²) in [6.45, 7) is 18.0. The van der Waals surface area contributed by atoms with Crippen LogP contribution in [-0.4, -0.2) is 126 Å². The number of hydrogen-bond donors (Lipinski definition) is 3. The zero-order valence-electron chi connectivity index (χ0n) is 34.7. The predicted molar refractivity (Wildman–Crippen MR) is 229 cm³/mol. The molecule has 3 aliphatic heterocycles. The molecule has 5 heterocycles. The number of morpholine rings is 1. The Kier molecular flexibility index (Phi) is 11.7. The standard InChI is InChI=1S/C42H54ClN7O8S2/c1-7-25-20-42(25,40(53)48-60(54,55)41(6)10-11-41)47-37(51)29-19-33(30-21-44-35(24(4)5)39(52)50(29)30)58-32-18-27(38-46-28(22-59-38)23(2)3)45-36-26(32)8-9-31(34(36)43)57-17-14-49-12-15-56-16-13-49/h7-9,18,22-25,29-30,33,35,44H,1,10-17,19-21H2,2-6H3,(H,47,51)(H,48,53)/t25-,29+,30-,33-,35-,42-/m1/s1. The minimum atomic E-state index is -3.97. The van der Waals surface area contributed by atoms with E-state index in [1.54, 1.807) is 24.0 Å². The first kappa shape index (κ1) is 42.8. The number of ether oxygens (including phenoxy) is 3. The van der Waals surface area contributed by atoms with Crippen molar-refractivity contribution in [1.82, 2.24) is 35.1 Å². The molecular weight excluding hydrogens is 830 g/mol. The Bertz CT molecular complexity index is 2300. The minimum Gasteiger partial charge on any atom is -0.491 e. The molecule has 6 atom stereocenters. The number of nitrogens with one attached hydrogen (secondary N) is 3. The molecule has 5 aliphatic rings. The number of carbonyl (C=O) groups excluding carboxylic acids is 3. The van der Waals surface area contributed by atoms with Gasteiger partial charge in [0.05, 0.1) is 41.3 Å². The minimum absolute atomic E-state index is 0.0741. The molecule has 60 heavy (non-hydrogen) atoms. The quantitative estimate of drug-likeness (QED) is 0.185. The molecule has 3 saturated heterocycles. The van der Waals surface area contributed by atoms with Gasteiger partial charge in [0.15, 0.2) is 0 Å². The van der Waals surface area contributed by atoms with Crippen molar-refractivity contribution in [3.63, 3.8) is 0 Å². The first-order valence-corrected chi connectivity index (χ1v) is 23.6. The lowest BCUT2D eigenvalue weighted by Gasteiger charge is -2.40. The van der Waals surface area contributed by atoms with Crippen molar-refractivity contribution >= 4 is 61.6 Å². The van der Waals surface area contributed by atoms with E-state index in [1.807, 2.05) is 31.4 Å². The molecule has 0 radical (unpaired) electrons. The lowest BCUT2D eigenvalue weighted by atomic mass is 9.98. The summed E-state index contributed by atoms with van der Waals surface area (Å²) in [6, 6.07) is 3.36. The maximum Gasteiger partial charge on any atom is 0.259 e. The lowest BCUT2D eigenvalue weighted by Crippen LogP contribution is -2.65. The number of aromatic nitrogens is 2. The summed E-state index contributed by atoms with van der Waals surface area (Å²) in [7, 11) is -3.97. The zero-order chi connectivity index (χ0) is 42.7. The SMILES string of the molecule is C=C[C@@H]1C[C@]1(NC(=O)[C@@H]1C[C@@H](Oc2cc(-c3nc(C(C)C)cs3)nc3c(Cl)c(OCCN4CCOCC4)ccc23)[C@H]2CN[C@H](C(C)C)C(=O)N21)C(=O)NS(=O)(=O)C1(C)CC1. The van der Waals surface area contributed by atoms with Gasteiger partial charge in [-0.1, -0.05) is 45.4 Å². The van der Waals surface area contributed by atoms with E-state index in [4.69, 9.17) is 35.8 Å². The normalized spacial score (nSPS) is 27.5. The summed E-state index contributed by atoms with van der Waals surface area (Å²) >= 11 is 8.57. The third kappa shape index (κ3) is 8.01. The Balaban J connectivity index is 1.10. The van der Waals surface area contributed by atoms with Gasteiger partial charge in [-0.15, -0.1) is 17.9 Å². The zero-order valence-corrected chi connectivity index (χ0v) is 37.1. The predicted octanol–water partition coefficient (Wildman–Crippen LogP) is 4.25. The third-order valence-electron chi connectivity index (χ3n) is 12.7. The second-order valence-electron chi connectivity index (χ2n) is 17.6. The molecule has 2 aliphatic carbocycles. The van der Waals surface area contributed by atoms with E-state index in [0.717, 1.165) is 18.8 Å². The van der Waals surface area contributed by atoms with Crippen LogP contribution in [-0.2, 0) is 29.1 Å². The van der Waals surface area contributed by atoms with Gasteiger partial charge < -0.3 is 29.7 Å². The molecule has 1 aromatic carbocycles. The van der Waals surface area contributed by atoms with Gasteiger partial charge in [0.25, 0.3) is 5.91 Å². The fourth-order valence-corrected chi connectivity index (χ4v) is 10.9. The molecule has 2 saturated carbocycles. The molecule has 0 unspecified atom stereocenters. The third-order valence-corrected chi connectivity index (χ3v) is 16.1. The summed E-state index contributed by atoms with van der Waals surface area (Å²) in [4.78, 5) is 56.2. The Morgan fingerprint density at radius 3 is 2.57 bits per heavy atom. The molecule has 15 nitrogen and oxygen atoms in total. The number of hydrogen-bond acceptors (Lipinski definition) is 13. The number of pyridine rings is 1. The van der Waals surface area contributed by atoms with Crippen LogP contribution in [0.4, 0.5) is 0 Å². The Labute approximate surface area is 360 Å². The van der Waals surface area contributed by atoms with Crippen LogP contribution in [0.5, 0.6) is 11.5 Å². The molecule has 3 N–H and O–H groups in total. The molecule has 5 fully saturated rings. The second-order valence-corrected chi connectivity index (χ2v) is 21.0. The Hall–Kier alpha value is -3.87. The van der Waals surface area contributed by atoms with Crippen LogP contribution in [0.1, 0.15) is 71.9 Å². The van der Waals surface area contributed by atoms with Gasteiger partial charge in [-0.3, -0.25) is 24.0 Å². The number of amides is 3. The first-order chi connectivity index (χ1) is 28.6. The average Bonchev–Trinajstić information content (AvgIpc) is 4.02. The summed E-state index contributed by atoms with van der Waals surface area (Å²) in [5.41, 5.74) is 0.425. The number of benzene rings is 1. The highest BCUT2D eigenvalue weighted by Gasteiger charge is 2.63. The van der Waals surface area contributed by atoms with E-state index >= 15 is 0 Å². The molecule has 0 spiro atoms. The van der Waals surface area contributed by atoms with Crippen LogP contribution < -0.4 is 24.8 Å². The highest BCUT2D eigenvalue weighted by atomic mass is 35.5. The van der Waals surface area contributed by atoms with Gasteiger partial charge >= 0.3 is 0 Å². The van der Waals surface area contributed by atoms with Crippen molar-refractivity contribution in [2.45, 2.75) is 101 Å². The number of fused-ring (bicyclic) bond motifs is 2. The van der Waals surface area contributed by atoms with E-state index in [0.29, 0.717) is 83.9 Å². The highest BCUT2D eigenvalue weighted by Crippen LogP contribution is 2.48. The summed E-state index contributed by atoms with van der Waals surface area (Å²) in [5.74, 6) is -1.05. The van der Waals surface area contributed by atoms with Crippen molar-refractivity contribution in [3.8, 4) is 22.2 Å². The van der Waals surface area contributed by atoms with Gasteiger partial charge in [-0.25, -0.2) is 18.4 Å². The van der Waals surface area contributed by atoms with Gasteiger partial charge in [0.1, 0.15) is 51.5 Å². The van der Waals surface area contributed by atoms with E-state index in [2.05, 4.69) is 40.7 Å². The van der Waals surface area contributed by atoms with Gasteiger partial charge in [-0.05, 0) is 50.2 Å². The molecule has 3 aromatic rings. The largest absolute Gasteiger partial charge is 0.491 e. The molecule has 0 bridgehead atoms. The lowest BCUT2D eigenvalue weighted by molar-refractivity contribution is -0.146. The van der Waals surface area contributed by atoms with Crippen LogP contribution in [0.3, 0.4) is 0 Å². The van der Waals surface area contributed by atoms with Crippen LogP contribution in [0.25, 0.3) is 21.6 Å². The Morgan fingerprint density at radius 2 is 1.92 bits per heavy atom. The van der Waals surface area contributed by atoms with Crippen LogP contribution in [0.2, 0.25) is 5.02 Å². The summed E-state index contributed by atoms with van der Waals surface area (Å²) in [5, 5.41) is 9.91. The number of thiazole rings is 1. The second kappa shape index (κ2) is 16.4. The molecule has 324 valence electrons. The molecular formula is C42H54ClN7O8S2. The topological polar surface area (TPSA) is 181 Å². The maximum absolute atomic E-state index is 14.5. The van der Waals surface area contributed by atoms with Crippen molar-refractivity contribution < 1.29 is 37.0 Å². The number of sulfonamides is 1. The molecule has 3 amide bonds. The van der Waals surface area contributed by atoms with Gasteiger partial charge in [0, 0.05) is 55.4 Å². The van der Waals surface area contributed by atoms with Crippen molar-refractivity contribution in [2.24, 2.45) is 11.8 Å². The fourth-order valence-electron chi connectivity index (χ4n) is 8.41. The number of halogens is 1. The first-order valence-electron chi connectivity index (χ1n) is 20.8. The highest BCUT2D eigenvalue weighted by molar-refractivity contribution is 7.91. The Morgan fingerprint density at radius 1 is 1.17 bits per heavy atom. The number of rotatable bonds is 15. The van der Waals surface area contributed by atoms with Gasteiger partial charge in [0.2, 0.25) is 21.8 Å². The van der Waals surface area contributed by atoms with Crippen molar-refractivity contribution in [3.05, 3.63) is 47.0 Å². The summed E-state index contributed by atoms with van der Waals surface area (Å²) in [6.07, 6.45) is 2.04. The number of nitrogens with zero attached hydrogens (tertiary/aromatic N) is 4. The fraction of sp³-hybridized carbons (Fsp3) is 0.595. The van der Waals surface area contributed by atoms with E-state index in [-0.39, 0.29) is 30.6 Å². The van der Waals surface area contributed by atoms with E-state index in [1.165, 1.54) is 11.3 Å². The average molecular weight is 885 g/mol. The van der Waals surface area contributed by atoms with Crippen LogP contribution >= 0.6 is 22.9 Å². The van der Waals surface area contributed by atoms with Crippen LogP contribution in [0, 0.1) is 11.8 Å². The van der Waals surface area contributed by atoms with Crippen molar-refractivity contribution in [1.29, 1.82) is 0 Å². The van der Waals surface area contributed by atoms with Crippen LogP contribution in [0.15, 0.2) is 36.2 Å². The maximum atomic E-state index is 14.5. The monoisotopic (exact) mass is 883 g/mol. The van der Waals surface area contributed by atoms with E-state index < -0.39 is 62.3 Å². The van der Waals surface area contributed by atoms with E-state index in [9.17, 15) is 22.8 Å². The molecule has 18 heteroatoms. The molecule has 2 aromatic heterocycles. The smallest absolute Gasteiger partial charge is 0.259 e. The molecule has 8 rings (SSSR count). The van der Waals surface area contributed by atoms with Gasteiger partial charge in [-0.2, -0.15) is 0 Å². The number of piperazine rings is 1.